The Labute approximate surface area is 282 Å². The third-order valence-corrected chi connectivity index (χ3v) is 8.73. The molecule has 0 radical (unpaired) electrons. The second-order valence-electron chi connectivity index (χ2n) is 12.5. The zero-order chi connectivity index (χ0) is 36.2. The summed E-state index contributed by atoms with van der Waals surface area (Å²) in [5, 5.41) is 20.9. The van der Waals surface area contributed by atoms with Crippen LogP contribution in [0.1, 0.15) is 48.7 Å². The number of rotatable bonds is 10. The molecule has 1 aliphatic heterocycles. The Hall–Kier alpha value is -4.55. The average molecular weight is 708 g/mol. The minimum Gasteiger partial charge on any atom is -0.385 e. The summed E-state index contributed by atoms with van der Waals surface area (Å²) < 4.78 is 87.2. The molecule has 1 amide bonds. The fourth-order valence-corrected chi connectivity index (χ4v) is 6.29. The van der Waals surface area contributed by atoms with Gasteiger partial charge in [-0.1, -0.05) is 31.2 Å². The zero-order valence-electron chi connectivity index (χ0n) is 26.5. The number of alkyl halides is 5. The van der Waals surface area contributed by atoms with E-state index in [0.717, 1.165) is 12.1 Å². The van der Waals surface area contributed by atoms with Gasteiger partial charge in [-0.2, -0.15) is 19.0 Å². The number of hydrogen-bond acceptors (Lipinski definition) is 7. The van der Waals surface area contributed by atoms with E-state index in [9.17, 15) is 27.5 Å². The van der Waals surface area contributed by atoms with Gasteiger partial charge in [0.25, 0.3) is 12.3 Å². The number of aromatic nitrogens is 2. The number of fused-ring (bicyclic) bond motifs is 3. The van der Waals surface area contributed by atoms with Crippen molar-refractivity contribution in [3.63, 3.8) is 0 Å². The maximum atomic E-state index is 15.3. The molecule has 1 aromatic carbocycles. The third-order valence-electron chi connectivity index (χ3n) is 8.27. The number of aliphatic imine (C=N–C) groups is 1. The summed E-state index contributed by atoms with van der Waals surface area (Å²) in [7, 11) is 1.59. The molecule has 16 heteroatoms. The van der Waals surface area contributed by atoms with E-state index in [1.54, 1.807) is 7.05 Å². The lowest BCUT2D eigenvalue weighted by atomic mass is 9.81. The molecule has 3 aliphatic rings. The number of amides is 1. The van der Waals surface area contributed by atoms with Crippen LogP contribution in [-0.4, -0.2) is 61.4 Å². The van der Waals surface area contributed by atoms with Crippen molar-refractivity contribution in [3.05, 3.63) is 89.1 Å². The minimum atomic E-state index is -3.56. The van der Waals surface area contributed by atoms with Gasteiger partial charge in [0, 0.05) is 30.3 Å². The molecular weight excluding hydrogens is 676 g/mol. The van der Waals surface area contributed by atoms with Gasteiger partial charge in [0.1, 0.15) is 46.7 Å². The average Bonchev–Trinajstić information content (AvgIpc) is 3.48. The molecule has 5 rings (SSSR count). The van der Waals surface area contributed by atoms with Crippen LogP contribution in [0.2, 0.25) is 0 Å². The highest BCUT2D eigenvalue weighted by Crippen LogP contribution is 2.59. The highest BCUT2D eigenvalue weighted by atomic mass is 35.5. The molecule has 49 heavy (non-hydrogen) atoms. The molecule has 2 aromatic rings. The number of halogens is 7. The topological polar surface area (TPSA) is 121 Å². The number of carbonyl (C=O) groups is 1. The lowest BCUT2D eigenvalue weighted by molar-refractivity contribution is -0.122. The molecule has 2 unspecified atom stereocenters. The molecule has 2 aliphatic carbocycles. The van der Waals surface area contributed by atoms with Crippen LogP contribution in [0.4, 0.5) is 26.3 Å². The number of hydrogen-bond donors (Lipinski definition) is 3. The van der Waals surface area contributed by atoms with Crippen LogP contribution >= 0.6 is 11.6 Å². The van der Waals surface area contributed by atoms with Gasteiger partial charge in [0.2, 0.25) is 5.91 Å². The van der Waals surface area contributed by atoms with Crippen LogP contribution in [-0.2, 0) is 23.7 Å². The van der Waals surface area contributed by atoms with Gasteiger partial charge in [0.05, 0.1) is 29.0 Å². The number of nitrogens with two attached hydrogens (primary N) is 1. The number of hydrazone groups is 1. The first-order valence-corrected chi connectivity index (χ1v) is 15.3. The first-order chi connectivity index (χ1) is 22.8. The van der Waals surface area contributed by atoms with Crippen LogP contribution in [0, 0.1) is 35.3 Å². The fraction of sp³-hybridized carbons (Fsp3) is 0.394. The number of carbonyl (C=O) groups excluding carboxylic acids is 1. The van der Waals surface area contributed by atoms with E-state index in [-0.39, 0.29) is 34.8 Å². The zero-order valence-corrected chi connectivity index (χ0v) is 27.2. The van der Waals surface area contributed by atoms with Crippen molar-refractivity contribution in [1.82, 2.24) is 20.1 Å². The summed E-state index contributed by atoms with van der Waals surface area (Å²) in [6.45, 7) is 9.77. The second kappa shape index (κ2) is 13.1. The molecule has 2 heterocycles. The van der Waals surface area contributed by atoms with Crippen molar-refractivity contribution < 1.29 is 36.2 Å². The quantitative estimate of drug-likeness (QED) is 0.107. The SMILES string of the molecule is C=C(N=C(C#CC(C)(C)O)C(Cl)C1C(=C)N(C)N=C1N)[C@H](Cc1cc(F)cc(F)c1)NC(=O)Cn1nc(C(F)F)c2c1C(F)(F)[C@@H]1C=C[C@H]21. The van der Waals surface area contributed by atoms with Gasteiger partial charge in [-0.15, -0.1) is 11.6 Å². The molecule has 0 saturated carbocycles. The number of nitrogens with one attached hydrogen (secondary N) is 1. The van der Waals surface area contributed by atoms with E-state index in [1.165, 1.54) is 31.0 Å². The van der Waals surface area contributed by atoms with E-state index in [2.05, 4.69) is 45.5 Å². The maximum Gasteiger partial charge on any atom is 0.296 e. The Kier molecular flexibility index (Phi) is 9.52. The molecule has 4 N–H and O–H groups in total. The normalized spacial score (nSPS) is 22.2. The van der Waals surface area contributed by atoms with E-state index in [0.29, 0.717) is 16.4 Å². The smallest absolute Gasteiger partial charge is 0.296 e. The predicted molar refractivity (Wildman–Crippen MR) is 171 cm³/mol. The summed E-state index contributed by atoms with van der Waals surface area (Å²) in [6.07, 6.45) is -0.873. The molecule has 260 valence electrons. The summed E-state index contributed by atoms with van der Waals surface area (Å²) in [4.78, 5) is 17.9. The lowest BCUT2D eigenvalue weighted by Gasteiger charge is -2.27. The number of amidine groups is 1. The molecule has 0 spiro atoms. The molecule has 1 aromatic heterocycles. The van der Waals surface area contributed by atoms with Gasteiger partial charge in [-0.3, -0.25) is 14.5 Å². The first kappa shape index (κ1) is 35.7. The largest absolute Gasteiger partial charge is 0.385 e. The van der Waals surface area contributed by atoms with E-state index in [4.69, 9.17) is 17.3 Å². The van der Waals surface area contributed by atoms with E-state index in [1.807, 2.05) is 0 Å². The standard InChI is InChI=1S/C33H32ClF6N7O2/c1-15(42-22(8-9-32(3,4)49)27(34)25-16(2)46(5)45-31(25)41)23(12-17-10-18(35)13-19(36)11-17)43-24(48)14-47-29-26(28(44-47)30(37)38)20-6-7-21(20)33(29,39)40/h6-7,10-11,13,20-21,23,25,27,30,49H,1-2,12,14H2,3-5H3,(H2,41,45)(H,43,48)/t20-,21+,23-,25?,27?/m0/s1. The van der Waals surface area contributed by atoms with Gasteiger partial charge >= 0.3 is 0 Å². The Morgan fingerprint density at radius 3 is 2.43 bits per heavy atom. The van der Waals surface area contributed by atoms with Crippen LogP contribution in [0.25, 0.3) is 0 Å². The first-order valence-electron chi connectivity index (χ1n) is 14.9. The van der Waals surface area contributed by atoms with Crippen molar-refractivity contribution in [1.29, 1.82) is 0 Å². The van der Waals surface area contributed by atoms with E-state index < -0.39 is 82.6 Å². The van der Waals surface area contributed by atoms with Crippen molar-refractivity contribution in [2.75, 3.05) is 7.05 Å². The number of aliphatic hydroxyl groups is 1. The Bertz CT molecular complexity index is 1850. The highest BCUT2D eigenvalue weighted by molar-refractivity contribution is 6.37. The van der Waals surface area contributed by atoms with Crippen molar-refractivity contribution in [2.24, 2.45) is 27.7 Å². The predicted octanol–water partition coefficient (Wildman–Crippen LogP) is 4.89. The number of benzene rings is 1. The molecule has 0 saturated heterocycles. The summed E-state index contributed by atoms with van der Waals surface area (Å²) >= 11 is 6.80. The molecule has 5 atom stereocenters. The monoisotopic (exact) mass is 707 g/mol. The minimum absolute atomic E-state index is 0.0574. The van der Waals surface area contributed by atoms with Crippen LogP contribution in [0.15, 0.2) is 65.0 Å². The van der Waals surface area contributed by atoms with Crippen LogP contribution < -0.4 is 11.1 Å². The Balaban J connectivity index is 1.50. The van der Waals surface area contributed by atoms with Crippen molar-refractivity contribution in [2.45, 2.75) is 62.1 Å². The van der Waals surface area contributed by atoms with Gasteiger partial charge in [-0.25, -0.2) is 22.6 Å². The molecule has 0 fully saturated rings. The van der Waals surface area contributed by atoms with Crippen LogP contribution in [0.5, 0.6) is 0 Å². The van der Waals surface area contributed by atoms with Crippen LogP contribution in [0.3, 0.4) is 0 Å². The van der Waals surface area contributed by atoms with Crippen molar-refractivity contribution in [3.8, 4) is 11.8 Å². The second-order valence-corrected chi connectivity index (χ2v) is 13.0. The van der Waals surface area contributed by atoms with Crippen molar-refractivity contribution >= 4 is 29.1 Å². The molecular formula is C33H32ClF6N7O2. The van der Waals surface area contributed by atoms with Gasteiger partial charge in [-0.05, 0) is 43.9 Å². The third kappa shape index (κ3) is 7.11. The molecule has 0 bridgehead atoms. The molecule has 9 nitrogen and oxygen atoms in total. The Morgan fingerprint density at radius 1 is 1.24 bits per heavy atom. The lowest BCUT2D eigenvalue weighted by Crippen LogP contribution is -2.41. The summed E-state index contributed by atoms with van der Waals surface area (Å²) in [5.41, 5.74) is 2.86. The number of allylic oxidation sites excluding steroid dienone is 2. The number of nitrogens with zero attached hydrogens (tertiary/aromatic N) is 5. The highest BCUT2D eigenvalue weighted by Gasteiger charge is 2.60. The summed E-state index contributed by atoms with van der Waals surface area (Å²) in [5.74, 6) is -4.07. The maximum absolute atomic E-state index is 15.3. The fourth-order valence-electron chi connectivity index (χ4n) is 5.91. The summed E-state index contributed by atoms with van der Waals surface area (Å²) in [6, 6.07) is 1.39. The van der Waals surface area contributed by atoms with E-state index >= 15 is 8.78 Å². The van der Waals surface area contributed by atoms with Gasteiger partial charge in [0.15, 0.2) is 0 Å². The van der Waals surface area contributed by atoms with Gasteiger partial charge < -0.3 is 16.2 Å². The Morgan fingerprint density at radius 2 is 1.90 bits per heavy atom.